The molecule has 28 heavy (non-hydrogen) atoms. The number of fused-ring (bicyclic) bond motifs is 1. The first-order valence-corrected chi connectivity index (χ1v) is 9.83. The Morgan fingerprint density at radius 2 is 2.07 bits per heavy atom. The van der Waals surface area contributed by atoms with Gasteiger partial charge in [-0.15, -0.1) is 11.3 Å². The second kappa shape index (κ2) is 8.64. The van der Waals surface area contributed by atoms with Crippen LogP contribution in [-0.2, 0) is 6.54 Å². The van der Waals surface area contributed by atoms with Crippen LogP contribution in [0.2, 0.25) is 0 Å². The molecule has 4 heterocycles. The van der Waals surface area contributed by atoms with Crippen molar-refractivity contribution < 1.29 is 4.79 Å². The SMILES string of the molecule is O=C(NCCNCc1cccnc1)c1sccc1Nc1ccnc2[nH]ccc12. The van der Waals surface area contributed by atoms with Gasteiger partial charge < -0.3 is 20.9 Å². The molecule has 4 rings (SSSR count). The normalized spacial score (nSPS) is 10.9. The zero-order chi connectivity index (χ0) is 19.2. The van der Waals surface area contributed by atoms with Gasteiger partial charge in [-0.3, -0.25) is 9.78 Å². The lowest BCUT2D eigenvalue weighted by atomic mass is 10.2. The van der Waals surface area contributed by atoms with Crippen molar-refractivity contribution in [1.82, 2.24) is 25.6 Å². The predicted octanol–water partition coefficient (Wildman–Crippen LogP) is 3.28. The Morgan fingerprint density at radius 1 is 1.11 bits per heavy atom. The van der Waals surface area contributed by atoms with Gasteiger partial charge in [0.25, 0.3) is 5.91 Å². The van der Waals surface area contributed by atoms with Gasteiger partial charge in [-0.2, -0.15) is 0 Å². The van der Waals surface area contributed by atoms with Crippen LogP contribution in [0, 0.1) is 0 Å². The van der Waals surface area contributed by atoms with Crippen LogP contribution in [0.1, 0.15) is 15.2 Å². The maximum atomic E-state index is 12.6. The van der Waals surface area contributed by atoms with Crippen molar-refractivity contribution in [1.29, 1.82) is 0 Å². The summed E-state index contributed by atoms with van der Waals surface area (Å²) in [6.45, 7) is 1.96. The van der Waals surface area contributed by atoms with Crippen molar-refractivity contribution in [3.8, 4) is 0 Å². The van der Waals surface area contributed by atoms with Crippen LogP contribution in [0.25, 0.3) is 11.0 Å². The molecule has 8 heteroatoms. The Labute approximate surface area is 166 Å². The fourth-order valence-corrected chi connectivity index (χ4v) is 3.64. The number of rotatable bonds is 8. The minimum Gasteiger partial charge on any atom is -0.354 e. The number of H-pyrrole nitrogens is 1. The molecular weight excluding hydrogens is 372 g/mol. The smallest absolute Gasteiger partial charge is 0.263 e. The third-order valence-electron chi connectivity index (χ3n) is 4.24. The van der Waals surface area contributed by atoms with Crippen molar-refractivity contribution in [2.75, 3.05) is 18.4 Å². The maximum Gasteiger partial charge on any atom is 0.263 e. The number of nitrogens with zero attached hydrogens (tertiary/aromatic N) is 2. The number of carbonyl (C=O) groups is 1. The molecule has 0 saturated carbocycles. The zero-order valence-corrected chi connectivity index (χ0v) is 15.9. The van der Waals surface area contributed by atoms with Gasteiger partial charge in [-0.05, 0) is 35.2 Å². The van der Waals surface area contributed by atoms with E-state index in [1.54, 1.807) is 12.4 Å². The first-order chi connectivity index (χ1) is 13.8. The Hall–Kier alpha value is -3.23. The van der Waals surface area contributed by atoms with Crippen LogP contribution in [0.5, 0.6) is 0 Å². The molecule has 142 valence electrons. The Morgan fingerprint density at radius 3 is 2.96 bits per heavy atom. The largest absolute Gasteiger partial charge is 0.354 e. The number of nitrogens with one attached hydrogen (secondary N) is 4. The Bertz CT molecular complexity index is 1060. The number of hydrogen-bond acceptors (Lipinski definition) is 6. The molecule has 0 aliphatic carbocycles. The lowest BCUT2D eigenvalue weighted by Crippen LogP contribution is -2.31. The van der Waals surface area contributed by atoms with Gasteiger partial charge in [-0.1, -0.05) is 6.07 Å². The number of hydrogen-bond donors (Lipinski definition) is 4. The van der Waals surface area contributed by atoms with E-state index in [4.69, 9.17) is 0 Å². The molecule has 0 aliphatic heterocycles. The average Bonchev–Trinajstić information content (AvgIpc) is 3.38. The molecule has 0 saturated heterocycles. The molecule has 0 atom stereocenters. The molecular formula is C20H20N6OS. The quantitative estimate of drug-likeness (QED) is 0.345. The van der Waals surface area contributed by atoms with Gasteiger partial charge in [0.2, 0.25) is 0 Å². The molecule has 0 unspecified atom stereocenters. The number of aromatic nitrogens is 3. The van der Waals surface area contributed by atoms with Crippen molar-refractivity contribution in [3.05, 3.63) is 70.9 Å². The zero-order valence-electron chi connectivity index (χ0n) is 15.1. The third kappa shape index (κ3) is 4.19. The fourth-order valence-electron chi connectivity index (χ4n) is 2.88. The number of thiophene rings is 1. The number of anilines is 2. The first kappa shape index (κ1) is 18.1. The highest BCUT2D eigenvalue weighted by atomic mass is 32.1. The van der Waals surface area contributed by atoms with E-state index in [2.05, 4.69) is 30.9 Å². The van der Waals surface area contributed by atoms with Crippen LogP contribution in [-0.4, -0.2) is 33.9 Å². The fraction of sp³-hybridized carbons (Fsp3) is 0.150. The number of aromatic amines is 1. The lowest BCUT2D eigenvalue weighted by Gasteiger charge is -2.10. The summed E-state index contributed by atoms with van der Waals surface area (Å²) in [6.07, 6.45) is 7.17. The monoisotopic (exact) mass is 392 g/mol. The van der Waals surface area contributed by atoms with E-state index < -0.39 is 0 Å². The molecule has 7 nitrogen and oxygen atoms in total. The molecule has 0 radical (unpaired) electrons. The molecule has 0 fully saturated rings. The van der Waals surface area contributed by atoms with Gasteiger partial charge >= 0.3 is 0 Å². The van der Waals surface area contributed by atoms with Gasteiger partial charge in [0, 0.05) is 49.8 Å². The number of carbonyl (C=O) groups excluding carboxylic acids is 1. The molecule has 0 bridgehead atoms. The number of amides is 1. The van der Waals surface area contributed by atoms with Crippen molar-refractivity contribution >= 4 is 39.7 Å². The van der Waals surface area contributed by atoms with E-state index in [0.29, 0.717) is 18.0 Å². The Balaban J connectivity index is 1.32. The average molecular weight is 392 g/mol. The van der Waals surface area contributed by atoms with Crippen LogP contribution in [0.4, 0.5) is 11.4 Å². The van der Waals surface area contributed by atoms with E-state index in [0.717, 1.165) is 34.5 Å². The van der Waals surface area contributed by atoms with Gasteiger partial charge in [0.15, 0.2) is 0 Å². The van der Waals surface area contributed by atoms with Crippen molar-refractivity contribution in [2.24, 2.45) is 0 Å². The highest BCUT2D eigenvalue weighted by Crippen LogP contribution is 2.29. The van der Waals surface area contributed by atoms with Gasteiger partial charge in [-0.25, -0.2) is 4.98 Å². The van der Waals surface area contributed by atoms with Crippen LogP contribution in [0.3, 0.4) is 0 Å². The van der Waals surface area contributed by atoms with E-state index in [-0.39, 0.29) is 5.91 Å². The minimum atomic E-state index is -0.0833. The molecule has 0 spiro atoms. The third-order valence-corrected chi connectivity index (χ3v) is 5.15. The molecule has 0 aliphatic rings. The van der Waals surface area contributed by atoms with E-state index in [9.17, 15) is 4.79 Å². The molecule has 4 aromatic heterocycles. The summed E-state index contributed by atoms with van der Waals surface area (Å²) < 4.78 is 0. The molecule has 1 amide bonds. The topological polar surface area (TPSA) is 94.7 Å². The summed E-state index contributed by atoms with van der Waals surface area (Å²) in [5.74, 6) is -0.0833. The second-order valence-electron chi connectivity index (χ2n) is 6.18. The summed E-state index contributed by atoms with van der Waals surface area (Å²) in [5, 5.41) is 12.5. The molecule has 4 N–H and O–H groups in total. The van der Waals surface area contributed by atoms with Gasteiger partial charge in [0.1, 0.15) is 10.5 Å². The maximum absolute atomic E-state index is 12.6. The summed E-state index contributed by atoms with van der Waals surface area (Å²) in [6, 6.07) is 9.71. The number of pyridine rings is 2. The summed E-state index contributed by atoms with van der Waals surface area (Å²) in [4.78, 5) is 24.7. The summed E-state index contributed by atoms with van der Waals surface area (Å²) >= 11 is 1.42. The molecule has 4 aromatic rings. The highest BCUT2D eigenvalue weighted by molar-refractivity contribution is 7.12. The first-order valence-electron chi connectivity index (χ1n) is 8.96. The summed E-state index contributed by atoms with van der Waals surface area (Å²) in [7, 11) is 0. The molecule has 0 aromatic carbocycles. The predicted molar refractivity (Wildman–Crippen MR) is 112 cm³/mol. The van der Waals surface area contributed by atoms with E-state index in [1.165, 1.54) is 11.3 Å². The second-order valence-corrected chi connectivity index (χ2v) is 7.10. The van der Waals surface area contributed by atoms with Crippen LogP contribution >= 0.6 is 11.3 Å². The highest BCUT2D eigenvalue weighted by Gasteiger charge is 2.14. The van der Waals surface area contributed by atoms with Gasteiger partial charge in [0.05, 0.1) is 11.4 Å². The van der Waals surface area contributed by atoms with Crippen molar-refractivity contribution in [2.45, 2.75) is 6.54 Å². The Kier molecular flexibility index (Phi) is 5.60. The van der Waals surface area contributed by atoms with Crippen LogP contribution in [0.15, 0.2) is 60.5 Å². The van der Waals surface area contributed by atoms with E-state index >= 15 is 0 Å². The minimum absolute atomic E-state index is 0.0833. The van der Waals surface area contributed by atoms with Crippen LogP contribution < -0.4 is 16.0 Å². The van der Waals surface area contributed by atoms with Crippen molar-refractivity contribution in [3.63, 3.8) is 0 Å². The standard InChI is InChI=1S/C20H20N6OS/c27-20(25-10-9-22-13-14-2-1-6-21-12-14)18-17(5-11-28-18)26-16-4-8-24-19-15(16)3-7-23-19/h1-8,11-12,22H,9-10,13H2,(H,25,27)(H2,23,24,26). The summed E-state index contributed by atoms with van der Waals surface area (Å²) in [5.41, 5.74) is 3.63. The van der Waals surface area contributed by atoms with E-state index in [1.807, 2.05) is 48.1 Å². The lowest BCUT2D eigenvalue weighted by molar-refractivity contribution is 0.0958.